The van der Waals surface area contributed by atoms with Gasteiger partial charge in [0.05, 0.1) is 17.2 Å². The second-order valence-electron chi connectivity index (χ2n) is 8.21. The van der Waals surface area contributed by atoms with Crippen molar-refractivity contribution in [1.29, 1.82) is 0 Å². The number of methoxy groups -OCH3 is 1. The van der Waals surface area contributed by atoms with Gasteiger partial charge < -0.3 is 20.3 Å². The zero-order valence-electron chi connectivity index (χ0n) is 19.0. The van der Waals surface area contributed by atoms with Crippen LogP contribution in [0.2, 0.25) is 5.02 Å². The minimum absolute atomic E-state index is 0.0154. The standard InChI is InChI=1S/C25H30ClN3O4/c1-17-6-5-7-19(16-17)25(32)29-13-10-18(11-14-29)22(24(31)27-12-15-33-2)28-23(30)20-8-3-4-9-21(20)26/h3-9,16,18,22H,10-15H2,1-2H3,(H,27,31)(H,28,30)/t22-/m1/s1. The van der Waals surface area contributed by atoms with Crippen LogP contribution in [0.3, 0.4) is 0 Å². The van der Waals surface area contributed by atoms with Crippen molar-refractivity contribution >= 4 is 29.3 Å². The number of halogens is 1. The van der Waals surface area contributed by atoms with E-state index in [2.05, 4.69) is 10.6 Å². The van der Waals surface area contributed by atoms with Crippen molar-refractivity contribution in [2.45, 2.75) is 25.8 Å². The van der Waals surface area contributed by atoms with Gasteiger partial charge in [0.15, 0.2) is 0 Å². The SMILES string of the molecule is COCCNC(=O)[C@H](NC(=O)c1ccccc1Cl)C1CCN(C(=O)c2cccc(C)c2)CC1. The van der Waals surface area contributed by atoms with E-state index in [0.717, 1.165) is 5.56 Å². The van der Waals surface area contributed by atoms with E-state index in [1.54, 1.807) is 36.3 Å². The van der Waals surface area contributed by atoms with Crippen molar-refractivity contribution in [2.24, 2.45) is 5.92 Å². The summed E-state index contributed by atoms with van der Waals surface area (Å²) in [5, 5.41) is 6.03. The Bertz CT molecular complexity index is 989. The van der Waals surface area contributed by atoms with Gasteiger partial charge in [0.25, 0.3) is 11.8 Å². The lowest BCUT2D eigenvalue weighted by Crippen LogP contribution is -2.54. The van der Waals surface area contributed by atoms with Crippen LogP contribution in [0.5, 0.6) is 0 Å². The molecule has 0 saturated carbocycles. The molecule has 2 N–H and O–H groups in total. The van der Waals surface area contributed by atoms with E-state index in [9.17, 15) is 14.4 Å². The molecule has 33 heavy (non-hydrogen) atoms. The Kier molecular flexibility index (Phi) is 8.86. The maximum atomic E-state index is 12.9. The number of benzene rings is 2. The van der Waals surface area contributed by atoms with Crippen LogP contribution in [0.4, 0.5) is 0 Å². The second kappa shape index (κ2) is 11.8. The van der Waals surface area contributed by atoms with E-state index in [1.807, 2.05) is 31.2 Å². The Morgan fingerprint density at radius 1 is 1.12 bits per heavy atom. The minimum Gasteiger partial charge on any atom is -0.383 e. The van der Waals surface area contributed by atoms with Crippen molar-refractivity contribution in [3.63, 3.8) is 0 Å². The highest BCUT2D eigenvalue weighted by Crippen LogP contribution is 2.24. The number of nitrogens with one attached hydrogen (secondary N) is 2. The van der Waals surface area contributed by atoms with Crippen LogP contribution in [0.25, 0.3) is 0 Å². The summed E-state index contributed by atoms with van der Waals surface area (Å²) in [5.74, 6) is -0.791. The molecule has 7 nitrogen and oxygen atoms in total. The Morgan fingerprint density at radius 2 is 1.85 bits per heavy atom. The van der Waals surface area contributed by atoms with Gasteiger partial charge in [0.1, 0.15) is 6.04 Å². The molecule has 0 spiro atoms. The molecule has 0 bridgehead atoms. The molecular formula is C25H30ClN3O4. The number of amides is 3. The quantitative estimate of drug-likeness (QED) is 0.579. The molecule has 0 aromatic heterocycles. The number of ether oxygens (including phenoxy) is 1. The third-order valence-electron chi connectivity index (χ3n) is 5.86. The van der Waals surface area contributed by atoms with E-state index in [1.165, 1.54) is 0 Å². The summed E-state index contributed by atoms with van der Waals surface area (Å²) in [6, 6.07) is 13.5. The fourth-order valence-corrected chi connectivity index (χ4v) is 4.27. The molecule has 0 radical (unpaired) electrons. The molecule has 2 aromatic rings. The monoisotopic (exact) mass is 471 g/mol. The largest absolute Gasteiger partial charge is 0.383 e. The Hall–Kier alpha value is -2.90. The van der Waals surface area contributed by atoms with E-state index >= 15 is 0 Å². The maximum absolute atomic E-state index is 12.9. The van der Waals surface area contributed by atoms with Crippen LogP contribution >= 0.6 is 11.6 Å². The zero-order valence-corrected chi connectivity index (χ0v) is 19.7. The number of hydrogen-bond donors (Lipinski definition) is 2. The molecule has 1 aliphatic heterocycles. The Morgan fingerprint density at radius 3 is 2.52 bits per heavy atom. The number of nitrogens with zero attached hydrogens (tertiary/aromatic N) is 1. The molecule has 0 unspecified atom stereocenters. The molecule has 0 aliphatic carbocycles. The molecule has 1 atom stereocenters. The third kappa shape index (κ3) is 6.55. The van der Waals surface area contributed by atoms with Crippen LogP contribution in [-0.2, 0) is 9.53 Å². The number of likely N-dealkylation sites (tertiary alicyclic amines) is 1. The molecule has 3 rings (SSSR count). The van der Waals surface area contributed by atoms with E-state index in [-0.39, 0.29) is 17.7 Å². The van der Waals surface area contributed by atoms with Gasteiger partial charge in [0, 0.05) is 32.3 Å². The van der Waals surface area contributed by atoms with Gasteiger partial charge in [-0.25, -0.2) is 0 Å². The van der Waals surface area contributed by atoms with Crippen LogP contribution < -0.4 is 10.6 Å². The fraction of sp³-hybridized carbons (Fsp3) is 0.400. The Labute approximate surface area is 199 Å². The minimum atomic E-state index is -0.734. The van der Waals surface area contributed by atoms with Crippen LogP contribution in [-0.4, -0.2) is 62.0 Å². The molecule has 1 heterocycles. The molecule has 8 heteroatoms. The van der Waals surface area contributed by atoms with E-state index in [4.69, 9.17) is 16.3 Å². The van der Waals surface area contributed by atoms with Crippen molar-refractivity contribution in [1.82, 2.24) is 15.5 Å². The first-order valence-corrected chi connectivity index (χ1v) is 11.5. The van der Waals surface area contributed by atoms with E-state index < -0.39 is 11.9 Å². The predicted molar refractivity (Wildman–Crippen MR) is 127 cm³/mol. The number of hydrogen-bond acceptors (Lipinski definition) is 4. The fourth-order valence-electron chi connectivity index (χ4n) is 4.04. The average Bonchev–Trinajstić information content (AvgIpc) is 2.82. The van der Waals surface area contributed by atoms with Crippen molar-refractivity contribution in [2.75, 3.05) is 33.4 Å². The zero-order chi connectivity index (χ0) is 23.8. The number of aryl methyl sites for hydroxylation is 1. The van der Waals surface area contributed by atoms with Gasteiger partial charge in [-0.2, -0.15) is 0 Å². The average molecular weight is 472 g/mol. The molecule has 1 saturated heterocycles. The molecule has 2 aromatic carbocycles. The summed E-state index contributed by atoms with van der Waals surface area (Å²) in [4.78, 5) is 40.5. The summed E-state index contributed by atoms with van der Waals surface area (Å²) in [6.07, 6.45) is 1.20. The molecule has 1 fully saturated rings. The smallest absolute Gasteiger partial charge is 0.253 e. The van der Waals surface area contributed by atoms with Crippen LogP contribution in [0.1, 0.15) is 39.1 Å². The number of carbonyl (C=O) groups is 3. The highest BCUT2D eigenvalue weighted by Gasteiger charge is 2.34. The van der Waals surface area contributed by atoms with Gasteiger partial charge in [0.2, 0.25) is 5.91 Å². The van der Waals surface area contributed by atoms with Gasteiger partial charge in [-0.3, -0.25) is 14.4 Å². The van der Waals surface area contributed by atoms with E-state index in [0.29, 0.717) is 55.2 Å². The molecule has 3 amide bonds. The first-order chi connectivity index (χ1) is 15.9. The molecule has 176 valence electrons. The third-order valence-corrected chi connectivity index (χ3v) is 6.19. The van der Waals surface area contributed by atoms with Gasteiger partial charge in [-0.15, -0.1) is 0 Å². The summed E-state index contributed by atoms with van der Waals surface area (Å²) < 4.78 is 5.01. The van der Waals surface area contributed by atoms with Crippen molar-refractivity contribution in [3.05, 3.63) is 70.2 Å². The van der Waals surface area contributed by atoms with Crippen molar-refractivity contribution < 1.29 is 19.1 Å². The normalized spacial score (nSPS) is 15.1. The summed E-state index contributed by atoms with van der Waals surface area (Å²) in [7, 11) is 1.56. The number of rotatable bonds is 8. The van der Waals surface area contributed by atoms with Gasteiger partial charge >= 0.3 is 0 Å². The summed E-state index contributed by atoms with van der Waals surface area (Å²) in [5.41, 5.74) is 2.01. The first kappa shape index (κ1) is 24.7. The lowest BCUT2D eigenvalue weighted by Gasteiger charge is -2.36. The molecule has 1 aliphatic rings. The number of piperidine rings is 1. The Balaban J connectivity index is 1.69. The van der Waals surface area contributed by atoms with Crippen LogP contribution in [0, 0.1) is 12.8 Å². The number of carbonyl (C=O) groups excluding carboxylic acids is 3. The molecular weight excluding hydrogens is 442 g/mol. The maximum Gasteiger partial charge on any atom is 0.253 e. The van der Waals surface area contributed by atoms with Gasteiger partial charge in [-0.05, 0) is 49.9 Å². The lowest BCUT2D eigenvalue weighted by molar-refractivity contribution is -0.124. The highest BCUT2D eigenvalue weighted by molar-refractivity contribution is 6.33. The van der Waals surface area contributed by atoms with Gasteiger partial charge in [-0.1, -0.05) is 41.4 Å². The highest BCUT2D eigenvalue weighted by atomic mass is 35.5. The lowest BCUT2D eigenvalue weighted by atomic mass is 9.88. The van der Waals surface area contributed by atoms with Crippen LogP contribution in [0.15, 0.2) is 48.5 Å². The topological polar surface area (TPSA) is 87.7 Å². The summed E-state index contributed by atoms with van der Waals surface area (Å²) in [6.45, 7) is 3.71. The first-order valence-electron chi connectivity index (χ1n) is 11.1. The second-order valence-corrected chi connectivity index (χ2v) is 8.62. The predicted octanol–water partition coefficient (Wildman–Crippen LogP) is 3.06. The summed E-state index contributed by atoms with van der Waals surface area (Å²) >= 11 is 6.17. The van der Waals surface area contributed by atoms with Crippen molar-refractivity contribution in [3.8, 4) is 0 Å².